The zero-order valence-electron chi connectivity index (χ0n) is 21.1. The highest BCUT2D eigenvalue weighted by molar-refractivity contribution is 6.31. The highest BCUT2D eigenvalue weighted by Gasteiger charge is 2.34. The van der Waals surface area contributed by atoms with Crippen LogP contribution in [0.4, 0.5) is 0 Å². The molecule has 0 N–H and O–H groups in total. The molecule has 0 atom stereocenters. The van der Waals surface area contributed by atoms with Crippen LogP contribution < -0.4 is 9.84 Å². The quantitative estimate of drug-likeness (QED) is 0.178. The molecule has 1 fully saturated rings. The number of piperidine rings is 1. The molecule has 2 aromatic rings. The van der Waals surface area contributed by atoms with E-state index in [0.717, 1.165) is 54.6 Å². The predicted molar refractivity (Wildman–Crippen MR) is 146 cm³/mol. The summed E-state index contributed by atoms with van der Waals surface area (Å²) in [5.41, 5.74) is 3.17. The molecule has 2 heterocycles. The van der Waals surface area contributed by atoms with Gasteiger partial charge in [-0.1, -0.05) is 42.1 Å². The molecule has 3 aliphatic rings. The first-order valence-electron chi connectivity index (χ1n) is 13.5. The van der Waals surface area contributed by atoms with Crippen molar-refractivity contribution in [2.45, 2.75) is 70.3 Å². The summed E-state index contributed by atoms with van der Waals surface area (Å²) >= 11 is 12.6. The van der Waals surface area contributed by atoms with Crippen molar-refractivity contribution in [1.82, 2.24) is 0 Å². The summed E-state index contributed by atoms with van der Waals surface area (Å²) in [6.07, 6.45) is 12.3. The van der Waals surface area contributed by atoms with E-state index in [1.165, 1.54) is 38.5 Å². The van der Waals surface area contributed by atoms with Gasteiger partial charge in [0.25, 0.3) is 0 Å². The van der Waals surface area contributed by atoms with Gasteiger partial charge in [-0.3, -0.25) is 0 Å². The molecule has 36 heavy (non-hydrogen) atoms. The van der Waals surface area contributed by atoms with Crippen molar-refractivity contribution in [3.05, 3.63) is 69.2 Å². The van der Waals surface area contributed by atoms with Crippen LogP contribution in [0.3, 0.4) is 0 Å². The minimum Gasteiger partial charge on any atom is -0.861 e. The molecule has 0 unspecified atom stereocenters. The smallest absolute Gasteiger partial charge is 0.131 e. The third kappa shape index (κ3) is 5.61. The number of hydrogen-bond donors (Lipinski definition) is 0. The first-order valence-corrected chi connectivity index (χ1v) is 14.3. The van der Waals surface area contributed by atoms with E-state index < -0.39 is 5.92 Å². The highest BCUT2D eigenvalue weighted by atomic mass is 35.5. The number of allylic oxidation sites excluding steroid dienone is 1. The molecule has 2 aromatic carbocycles. The number of nitrogens with zero attached hydrogens (tertiary/aromatic N) is 2. The van der Waals surface area contributed by atoms with Crippen molar-refractivity contribution in [2.75, 3.05) is 26.2 Å². The van der Waals surface area contributed by atoms with Crippen LogP contribution in [0, 0.1) is 0 Å². The van der Waals surface area contributed by atoms with Gasteiger partial charge in [-0.2, -0.15) is 0 Å². The van der Waals surface area contributed by atoms with Crippen molar-refractivity contribution in [3.63, 3.8) is 0 Å². The Bertz CT molecular complexity index is 1100. The fraction of sp³-hybridized carbons (Fsp3) is 0.500. The summed E-state index contributed by atoms with van der Waals surface area (Å²) < 4.78 is 7.19. The molecule has 5 rings (SSSR count). The summed E-state index contributed by atoms with van der Waals surface area (Å²) in [5.74, 6) is 0.629. The zero-order valence-corrected chi connectivity index (χ0v) is 22.7. The highest BCUT2D eigenvalue weighted by Crippen LogP contribution is 2.46. The van der Waals surface area contributed by atoms with Gasteiger partial charge < -0.3 is 19.3 Å². The zero-order chi connectivity index (χ0) is 25.1. The molecule has 0 spiro atoms. The maximum atomic E-state index is 13.7. The molecule has 0 amide bonds. The van der Waals surface area contributed by atoms with Crippen molar-refractivity contribution >= 4 is 29.1 Å². The van der Waals surface area contributed by atoms with Crippen LogP contribution in [0.2, 0.25) is 10.0 Å². The first-order chi connectivity index (χ1) is 17.5. The fourth-order valence-electron chi connectivity index (χ4n) is 6.13. The van der Waals surface area contributed by atoms with Gasteiger partial charge in [-0.05, 0) is 80.5 Å². The third-order valence-electron chi connectivity index (χ3n) is 8.31. The van der Waals surface area contributed by atoms with E-state index in [-0.39, 0.29) is 11.9 Å². The second kappa shape index (κ2) is 11.2. The summed E-state index contributed by atoms with van der Waals surface area (Å²) in [6, 6.07) is 10.9. The van der Waals surface area contributed by atoms with E-state index in [4.69, 9.17) is 32.9 Å². The van der Waals surface area contributed by atoms with E-state index in [9.17, 15) is 5.11 Å². The van der Waals surface area contributed by atoms with Crippen LogP contribution in [0.1, 0.15) is 75.3 Å². The van der Waals surface area contributed by atoms with Crippen LogP contribution in [0.25, 0.3) is 0 Å². The van der Waals surface area contributed by atoms with Gasteiger partial charge in [0, 0.05) is 39.9 Å². The van der Waals surface area contributed by atoms with Crippen molar-refractivity contribution < 1.29 is 14.3 Å². The van der Waals surface area contributed by atoms with Crippen LogP contribution in [-0.4, -0.2) is 42.6 Å². The fourth-order valence-corrected chi connectivity index (χ4v) is 6.49. The maximum absolute atomic E-state index is 13.7. The number of benzene rings is 2. The van der Waals surface area contributed by atoms with E-state index >= 15 is 0 Å². The number of likely N-dealkylation sites (tertiary alicyclic amines) is 1. The standard InChI is InChI=1S/C30H36Cl2N2O2/c1-2-34(20-21-8-6-4-3-5-7-9-21)16-14-24(15-17-34)33-30(35)29-25-18-22(31)10-12-27(25)36-28-13-11-23(32)19-26(28)29/h8,10-13,18-19,24,29H,2-7,9,14-17,20H2,1H3/b21-8+. The molecule has 0 radical (unpaired) electrons. The Morgan fingerprint density at radius 1 is 0.972 bits per heavy atom. The molecule has 0 saturated carbocycles. The lowest BCUT2D eigenvalue weighted by Gasteiger charge is -2.43. The number of likely N-dealkylation sites (N-methyl/N-ethyl adjacent to an activating group) is 1. The van der Waals surface area contributed by atoms with Gasteiger partial charge in [0.1, 0.15) is 18.0 Å². The molecule has 0 bridgehead atoms. The molecule has 6 heteroatoms. The summed E-state index contributed by atoms with van der Waals surface area (Å²) in [7, 11) is 0. The Morgan fingerprint density at radius 2 is 1.61 bits per heavy atom. The third-order valence-corrected chi connectivity index (χ3v) is 8.78. The Morgan fingerprint density at radius 3 is 2.25 bits per heavy atom. The number of ether oxygens (including phenoxy) is 1. The number of fused-ring (bicyclic) bond motifs is 2. The topological polar surface area (TPSA) is 44.7 Å². The second-order valence-electron chi connectivity index (χ2n) is 10.7. The second-order valence-corrected chi connectivity index (χ2v) is 11.5. The van der Waals surface area contributed by atoms with Gasteiger partial charge in [-0.25, -0.2) is 0 Å². The van der Waals surface area contributed by atoms with Gasteiger partial charge in [-0.15, -0.1) is 0 Å². The Kier molecular flexibility index (Phi) is 7.95. The molecular formula is C30H36Cl2N2O2. The SMILES string of the molecule is CC[N+]1(C/C2=C/CCCCCC2)CCC(N=C([O-])C2c3cc(Cl)ccc3Oc3ccc(Cl)cc32)CC1. The lowest BCUT2D eigenvalue weighted by molar-refractivity contribution is -0.926. The van der Waals surface area contributed by atoms with E-state index in [1.54, 1.807) is 17.7 Å². The maximum Gasteiger partial charge on any atom is 0.131 e. The first kappa shape index (κ1) is 25.6. The lowest BCUT2D eigenvalue weighted by Crippen LogP contribution is -2.54. The Balaban J connectivity index is 1.35. The number of halogens is 2. The van der Waals surface area contributed by atoms with Crippen molar-refractivity contribution in [2.24, 2.45) is 4.99 Å². The molecule has 192 valence electrons. The summed E-state index contributed by atoms with van der Waals surface area (Å²) in [5, 5.41) is 14.9. The number of quaternary nitrogens is 1. The van der Waals surface area contributed by atoms with E-state index in [2.05, 4.69) is 13.0 Å². The Labute approximate surface area is 225 Å². The molecule has 0 aromatic heterocycles. The normalized spacial score (nSPS) is 26.6. The predicted octanol–water partition coefficient (Wildman–Crippen LogP) is 7.27. The molecule has 2 aliphatic heterocycles. The molecule has 4 nitrogen and oxygen atoms in total. The van der Waals surface area contributed by atoms with E-state index in [0.29, 0.717) is 21.5 Å². The summed E-state index contributed by atoms with van der Waals surface area (Å²) in [4.78, 5) is 4.79. The van der Waals surface area contributed by atoms with Gasteiger partial charge in [0.05, 0.1) is 25.7 Å². The average Bonchev–Trinajstić information content (AvgIpc) is 2.85. The van der Waals surface area contributed by atoms with Crippen LogP contribution >= 0.6 is 23.2 Å². The van der Waals surface area contributed by atoms with Gasteiger partial charge >= 0.3 is 0 Å². The number of aliphatic imine (C=N–C) groups is 1. The lowest BCUT2D eigenvalue weighted by atomic mass is 9.87. The average molecular weight is 528 g/mol. The number of hydrogen-bond acceptors (Lipinski definition) is 3. The van der Waals surface area contributed by atoms with Crippen molar-refractivity contribution in [1.29, 1.82) is 0 Å². The van der Waals surface area contributed by atoms with Gasteiger partial charge in [0.2, 0.25) is 0 Å². The molecular weight excluding hydrogens is 491 g/mol. The van der Waals surface area contributed by atoms with Crippen LogP contribution in [0.5, 0.6) is 11.5 Å². The monoisotopic (exact) mass is 526 g/mol. The van der Waals surface area contributed by atoms with Crippen LogP contribution in [0.15, 0.2) is 53.0 Å². The minimum absolute atomic E-state index is 0.0507. The van der Waals surface area contributed by atoms with Crippen LogP contribution in [-0.2, 0) is 0 Å². The Hall–Kier alpha value is -2.01. The molecule has 1 aliphatic carbocycles. The minimum atomic E-state index is -0.548. The number of rotatable bonds is 5. The van der Waals surface area contributed by atoms with E-state index in [1.807, 2.05) is 24.3 Å². The van der Waals surface area contributed by atoms with Gasteiger partial charge in [0.15, 0.2) is 0 Å². The van der Waals surface area contributed by atoms with Crippen molar-refractivity contribution in [3.8, 4) is 11.5 Å². The largest absolute Gasteiger partial charge is 0.861 e. The summed E-state index contributed by atoms with van der Waals surface area (Å²) in [6.45, 7) is 6.77. The molecule has 1 saturated heterocycles.